The van der Waals surface area contributed by atoms with Crippen LogP contribution in [-0.4, -0.2) is 0 Å². The molecular weight excluding hydrogens is 366 g/mol. The lowest BCUT2D eigenvalue weighted by Crippen LogP contribution is -1.98. The van der Waals surface area contributed by atoms with E-state index in [1.807, 2.05) is 36.4 Å². The van der Waals surface area contributed by atoms with Gasteiger partial charge in [-0.2, -0.15) is 0 Å². The van der Waals surface area contributed by atoms with Gasteiger partial charge < -0.3 is 0 Å². The molecule has 0 aromatic heterocycles. The Labute approximate surface area is 125 Å². The summed E-state index contributed by atoms with van der Waals surface area (Å²) in [6.07, 6.45) is 0.751. The van der Waals surface area contributed by atoms with Gasteiger partial charge in [0, 0.05) is 8.59 Å². The predicted octanol–water partition coefficient (Wildman–Crippen LogP) is 5.47. The molecule has 2 aromatic carbocycles. The molecule has 3 heteroatoms. The molecule has 0 aliphatic heterocycles. The zero-order valence-electron chi connectivity index (χ0n) is 9.04. The van der Waals surface area contributed by atoms with Gasteiger partial charge in [0.15, 0.2) is 0 Å². The number of hydrogen-bond acceptors (Lipinski definition) is 0. The SMILES string of the molecule is Clc1ccccc1CC(Cl)c1ccccc1I. The zero-order chi connectivity index (χ0) is 12.3. The van der Waals surface area contributed by atoms with E-state index in [2.05, 4.69) is 34.7 Å². The van der Waals surface area contributed by atoms with Crippen molar-refractivity contribution in [2.24, 2.45) is 0 Å². The summed E-state index contributed by atoms with van der Waals surface area (Å²) in [4.78, 5) is 0. The Morgan fingerprint density at radius 2 is 1.65 bits per heavy atom. The first-order chi connectivity index (χ1) is 8.18. The Hall–Kier alpha value is -0.250. The number of rotatable bonds is 3. The van der Waals surface area contributed by atoms with Gasteiger partial charge >= 0.3 is 0 Å². The number of benzene rings is 2. The Kier molecular flexibility index (Phi) is 4.71. The topological polar surface area (TPSA) is 0 Å². The van der Waals surface area contributed by atoms with E-state index >= 15 is 0 Å². The van der Waals surface area contributed by atoms with Gasteiger partial charge in [-0.05, 0) is 52.3 Å². The summed E-state index contributed by atoms with van der Waals surface area (Å²) in [5, 5.41) is 0.743. The minimum Gasteiger partial charge on any atom is -0.117 e. The second-order valence-corrected chi connectivity index (χ2v) is 5.88. The van der Waals surface area contributed by atoms with Gasteiger partial charge in [0.05, 0.1) is 5.38 Å². The van der Waals surface area contributed by atoms with Crippen molar-refractivity contribution in [2.75, 3.05) is 0 Å². The van der Waals surface area contributed by atoms with E-state index < -0.39 is 0 Å². The lowest BCUT2D eigenvalue weighted by molar-refractivity contribution is 0.914. The van der Waals surface area contributed by atoms with Crippen LogP contribution in [0.1, 0.15) is 16.5 Å². The van der Waals surface area contributed by atoms with Gasteiger partial charge in [0.25, 0.3) is 0 Å². The molecule has 0 N–H and O–H groups in total. The van der Waals surface area contributed by atoms with Crippen molar-refractivity contribution in [3.8, 4) is 0 Å². The minimum atomic E-state index is -0.0389. The van der Waals surface area contributed by atoms with E-state index in [-0.39, 0.29) is 5.38 Å². The van der Waals surface area contributed by atoms with Gasteiger partial charge in [-0.3, -0.25) is 0 Å². The Balaban J connectivity index is 2.20. The molecule has 88 valence electrons. The predicted molar refractivity (Wildman–Crippen MR) is 82.9 cm³/mol. The molecule has 0 aliphatic carbocycles. The van der Waals surface area contributed by atoms with Gasteiger partial charge in [0.2, 0.25) is 0 Å². The highest BCUT2D eigenvalue weighted by molar-refractivity contribution is 14.1. The number of hydrogen-bond donors (Lipinski definition) is 0. The summed E-state index contributed by atoms with van der Waals surface area (Å²) in [6.45, 7) is 0. The first-order valence-corrected chi connectivity index (χ1v) is 7.19. The van der Waals surface area contributed by atoms with Crippen LogP contribution in [-0.2, 0) is 6.42 Å². The van der Waals surface area contributed by atoms with Gasteiger partial charge in [0.1, 0.15) is 0 Å². The Morgan fingerprint density at radius 1 is 1.00 bits per heavy atom. The molecule has 0 saturated heterocycles. The smallest absolute Gasteiger partial charge is 0.0636 e. The Bertz CT molecular complexity index is 511. The molecular formula is C14H11Cl2I. The van der Waals surface area contributed by atoms with Crippen LogP contribution >= 0.6 is 45.8 Å². The second kappa shape index (κ2) is 6.07. The summed E-state index contributed by atoms with van der Waals surface area (Å²) < 4.78 is 1.19. The number of halogens is 3. The van der Waals surface area contributed by atoms with Gasteiger partial charge in [-0.25, -0.2) is 0 Å². The molecule has 0 aliphatic rings. The quantitative estimate of drug-likeness (QED) is 0.492. The molecule has 1 atom stereocenters. The normalized spacial score (nSPS) is 12.4. The van der Waals surface area contributed by atoms with Crippen molar-refractivity contribution in [1.82, 2.24) is 0 Å². The van der Waals surface area contributed by atoms with Crippen LogP contribution in [0, 0.1) is 3.57 Å². The summed E-state index contributed by atoms with van der Waals surface area (Å²) in [7, 11) is 0. The van der Waals surface area contributed by atoms with Crippen LogP contribution in [0.2, 0.25) is 5.02 Å². The molecule has 0 fully saturated rings. The van der Waals surface area contributed by atoms with Gasteiger partial charge in [-0.15, -0.1) is 11.6 Å². The minimum absolute atomic E-state index is 0.0389. The van der Waals surface area contributed by atoms with Crippen molar-refractivity contribution in [3.63, 3.8) is 0 Å². The molecule has 2 aromatic rings. The zero-order valence-corrected chi connectivity index (χ0v) is 12.7. The third-order valence-electron chi connectivity index (χ3n) is 2.60. The first-order valence-electron chi connectivity index (χ1n) is 5.30. The monoisotopic (exact) mass is 376 g/mol. The lowest BCUT2D eigenvalue weighted by Gasteiger charge is -2.12. The van der Waals surface area contributed by atoms with Crippen LogP contribution in [0.15, 0.2) is 48.5 Å². The molecule has 2 rings (SSSR count). The average molecular weight is 377 g/mol. The fourth-order valence-electron chi connectivity index (χ4n) is 1.70. The molecule has 0 bridgehead atoms. The van der Waals surface area contributed by atoms with Crippen molar-refractivity contribution >= 4 is 45.8 Å². The Morgan fingerprint density at radius 3 is 2.35 bits per heavy atom. The fourth-order valence-corrected chi connectivity index (χ4v) is 3.21. The molecule has 0 saturated carbocycles. The number of alkyl halides is 1. The highest BCUT2D eigenvalue weighted by Gasteiger charge is 2.13. The molecule has 17 heavy (non-hydrogen) atoms. The van der Waals surface area contributed by atoms with Crippen LogP contribution < -0.4 is 0 Å². The average Bonchev–Trinajstić information content (AvgIpc) is 2.32. The molecule has 0 radical (unpaired) electrons. The van der Waals surface area contributed by atoms with Crippen molar-refractivity contribution in [1.29, 1.82) is 0 Å². The maximum atomic E-state index is 6.45. The van der Waals surface area contributed by atoms with E-state index in [1.54, 1.807) is 0 Å². The van der Waals surface area contributed by atoms with E-state index in [0.29, 0.717) is 0 Å². The highest BCUT2D eigenvalue weighted by atomic mass is 127. The molecule has 1 unspecified atom stereocenters. The standard InChI is InChI=1S/C14H11Cl2I/c15-12-7-3-1-5-10(12)9-13(16)11-6-2-4-8-14(11)17/h1-8,13H,9H2. The molecule has 0 spiro atoms. The van der Waals surface area contributed by atoms with Crippen molar-refractivity contribution in [3.05, 3.63) is 68.3 Å². The molecule has 0 amide bonds. The van der Waals surface area contributed by atoms with Gasteiger partial charge in [-0.1, -0.05) is 48.0 Å². The fraction of sp³-hybridized carbons (Fsp3) is 0.143. The van der Waals surface area contributed by atoms with Crippen LogP contribution in [0.25, 0.3) is 0 Å². The lowest BCUT2D eigenvalue weighted by atomic mass is 10.0. The maximum absolute atomic E-state index is 6.45. The van der Waals surface area contributed by atoms with Crippen LogP contribution in [0.4, 0.5) is 0 Å². The first kappa shape index (κ1) is 13.2. The third kappa shape index (κ3) is 3.36. The van der Waals surface area contributed by atoms with E-state index in [4.69, 9.17) is 23.2 Å². The molecule has 0 heterocycles. The van der Waals surface area contributed by atoms with E-state index in [0.717, 1.165) is 22.6 Å². The van der Waals surface area contributed by atoms with Crippen LogP contribution in [0.5, 0.6) is 0 Å². The summed E-state index contributed by atoms with van der Waals surface area (Å²) in [6, 6.07) is 16.0. The van der Waals surface area contributed by atoms with Crippen molar-refractivity contribution in [2.45, 2.75) is 11.8 Å². The maximum Gasteiger partial charge on any atom is 0.0636 e. The second-order valence-electron chi connectivity index (χ2n) is 3.78. The molecule has 0 nitrogen and oxygen atoms in total. The van der Waals surface area contributed by atoms with E-state index in [9.17, 15) is 0 Å². The summed E-state index contributed by atoms with van der Waals surface area (Å²) in [5.74, 6) is 0. The van der Waals surface area contributed by atoms with Crippen LogP contribution in [0.3, 0.4) is 0 Å². The highest BCUT2D eigenvalue weighted by Crippen LogP contribution is 2.30. The van der Waals surface area contributed by atoms with E-state index in [1.165, 1.54) is 3.57 Å². The third-order valence-corrected chi connectivity index (χ3v) is 4.34. The van der Waals surface area contributed by atoms with Crippen molar-refractivity contribution < 1.29 is 0 Å². The summed E-state index contributed by atoms with van der Waals surface area (Å²) >= 11 is 14.9. The largest absolute Gasteiger partial charge is 0.117 e. The summed E-state index contributed by atoms with van der Waals surface area (Å²) in [5.41, 5.74) is 2.25.